The molecular formula is C17H22N4O4S. The van der Waals surface area contributed by atoms with Crippen molar-refractivity contribution in [2.45, 2.75) is 29.8 Å². The number of sulfonamides is 1. The molecule has 1 aliphatic heterocycles. The van der Waals surface area contributed by atoms with Gasteiger partial charge in [0.2, 0.25) is 10.0 Å². The van der Waals surface area contributed by atoms with E-state index in [1.165, 1.54) is 18.3 Å². The Balaban J connectivity index is 1.61. The van der Waals surface area contributed by atoms with E-state index in [0.717, 1.165) is 0 Å². The highest BCUT2D eigenvalue weighted by Gasteiger charge is 2.33. The van der Waals surface area contributed by atoms with Gasteiger partial charge in [-0.3, -0.25) is 9.89 Å². The third-order valence-corrected chi connectivity index (χ3v) is 6.00. The highest BCUT2D eigenvalue weighted by Crippen LogP contribution is 2.23. The van der Waals surface area contributed by atoms with Crippen molar-refractivity contribution in [2.75, 3.05) is 19.6 Å². The van der Waals surface area contributed by atoms with Gasteiger partial charge in [0, 0.05) is 25.8 Å². The van der Waals surface area contributed by atoms with Crippen LogP contribution in [0.25, 0.3) is 0 Å². The fraction of sp³-hybridized carbons (Fsp3) is 0.412. The number of benzene rings is 1. The monoisotopic (exact) mass is 378 g/mol. The van der Waals surface area contributed by atoms with Crippen LogP contribution in [0.4, 0.5) is 0 Å². The van der Waals surface area contributed by atoms with E-state index in [0.29, 0.717) is 38.0 Å². The number of nitrogens with one attached hydrogen (secondary N) is 2. The molecular weight excluding hydrogens is 356 g/mol. The lowest BCUT2D eigenvalue weighted by atomic mass is 9.95. The van der Waals surface area contributed by atoms with E-state index < -0.39 is 15.6 Å². The molecule has 26 heavy (non-hydrogen) atoms. The summed E-state index contributed by atoms with van der Waals surface area (Å²) < 4.78 is 27.2. The number of aromatic amines is 1. The fourth-order valence-corrected chi connectivity index (χ4v) is 4.16. The molecule has 2 aromatic rings. The van der Waals surface area contributed by atoms with Gasteiger partial charge in [-0.15, -0.1) is 0 Å². The van der Waals surface area contributed by atoms with Crippen LogP contribution in [-0.2, 0) is 10.0 Å². The van der Waals surface area contributed by atoms with Crippen molar-refractivity contribution in [2.24, 2.45) is 0 Å². The van der Waals surface area contributed by atoms with E-state index in [9.17, 15) is 18.3 Å². The molecule has 140 valence electrons. The number of hydrogen-bond acceptors (Lipinski definition) is 5. The van der Waals surface area contributed by atoms with Crippen LogP contribution in [0.5, 0.6) is 0 Å². The van der Waals surface area contributed by atoms with Gasteiger partial charge in [0.1, 0.15) is 5.69 Å². The van der Waals surface area contributed by atoms with Gasteiger partial charge in [-0.05, 0) is 37.5 Å². The van der Waals surface area contributed by atoms with Crippen molar-refractivity contribution in [1.82, 2.24) is 19.8 Å². The van der Waals surface area contributed by atoms with Gasteiger partial charge in [-0.2, -0.15) is 5.10 Å². The molecule has 1 amide bonds. The van der Waals surface area contributed by atoms with Gasteiger partial charge >= 0.3 is 0 Å². The Kier molecular flexibility index (Phi) is 5.40. The van der Waals surface area contributed by atoms with Gasteiger partial charge in [-0.1, -0.05) is 18.2 Å². The lowest BCUT2D eigenvalue weighted by molar-refractivity contribution is 0.0304. The van der Waals surface area contributed by atoms with Crippen LogP contribution in [0.15, 0.2) is 47.5 Å². The summed E-state index contributed by atoms with van der Waals surface area (Å²) in [5.41, 5.74) is -0.787. The number of H-pyrrole nitrogens is 1. The van der Waals surface area contributed by atoms with Crippen molar-refractivity contribution in [3.63, 3.8) is 0 Å². The van der Waals surface area contributed by atoms with E-state index in [-0.39, 0.29) is 17.3 Å². The van der Waals surface area contributed by atoms with E-state index in [2.05, 4.69) is 14.9 Å². The standard InChI is InChI=1S/C17H22N4O4S/c22-16(15-7-10-18-20-15)21-11-4-8-17(23,9-12-21)13-19-26(24,25)14-5-2-1-3-6-14/h1-3,5-7,10,19,23H,4,8-9,11-13H2,(H,18,20). The van der Waals surface area contributed by atoms with Gasteiger partial charge in [0.25, 0.3) is 5.91 Å². The lowest BCUT2D eigenvalue weighted by Gasteiger charge is -2.27. The van der Waals surface area contributed by atoms with Crippen molar-refractivity contribution in [3.8, 4) is 0 Å². The summed E-state index contributed by atoms with van der Waals surface area (Å²) in [6.45, 7) is 0.767. The fourth-order valence-electron chi connectivity index (χ4n) is 3.02. The molecule has 1 saturated heterocycles. The average Bonchev–Trinajstić information content (AvgIpc) is 3.11. The average molecular weight is 378 g/mol. The summed E-state index contributed by atoms with van der Waals surface area (Å²) in [6, 6.07) is 9.65. The Bertz CT molecular complexity index is 839. The maximum Gasteiger partial charge on any atom is 0.271 e. The minimum atomic E-state index is -3.68. The summed E-state index contributed by atoms with van der Waals surface area (Å²) in [7, 11) is -3.68. The number of aromatic nitrogens is 2. The zero-order valence-corrected chi connectivity index (χ0v) is 15.1. The quantitative estimate of drug-likeness (QED) is 0.710. The molecule has 2 heterocycles. The second kappa shape index (κ2) is 7.56. The lowest BCUT2D eigenvalue weighted by Crippen LogP contribution is -2.43. The van der Waals surface area contributed by atoms with Crippen LogP contribution in [0, 0.1) is 0 Å². The highest BCUT2D eigenvalue weighted by molar-refractivity contribution is 7.89. The number of nitrogens with zero attached hydrogens (tertiary/aromatic N) is 2. The van der Waals surface area contributed by atoms with Crippen LogP contribution < -0.4 is 4.72 Å². The van der Waals surface area contributed by atoms with E-state index in [4.69, 9.17) is 0 Å². The summed E-state index contributed by atoms with van der Waals surface area (Å²) in [5, 5.41) is 17.2. The number of hydrogen-bond donors (Lipinski definition) is 3. The van der Waals surface area contributed by atoms with E-state index in [1.807, 2.05) is 0 Å². The molecule has 1 aromatic carbocycles. The van der Waals surface area contributed by atoms with Crippen LogP contribution >= 0.6 is 0 Å². The molecule has 8 nitrogen and oxygen atoms in total. The first-order chi connectivity index (χ1) is 12.4. The van der Waals surface area contributed by atoms with E-state index >= 15 is 0 Å². The molecule has 0 saturated carbocycles. The first kappa shape index (κ1) is 18.6. The molecule has 0 radical (unpaired) electrons. The summed E-state index contributed by atoms with van der Waals surface area (Å²) in [5.74, 6) is -0.170. The number of rotatable bonds is 5. The summed E-state index contributed by atoms with van der Waals surface area (Å²) in [4.78, 5) is 14.2. The Morgan fingerprint density at radius 1 is 1.23 bits per heavy atom. The number of aliphatic hydroxyl groups is 1. The summed E-state index contributed by atoms with van der Waals surface area (Å²) >= 11 is 0. The van der Waals surface area contributed by atoms with Crippen LogP contribution in [0.2, 0.25) is 0 Å². The number of likely N-dealkylation sites (tertiary alicyclic amines) is 1. The first-order valence-corrected chi connectivity index (χ1v) is 9.94. The predicted octanol–water partition coefficient (Wildman–Crippen LogP) is 0.745. The molecule has 0 spiro atoms. The summed E-state index contributed by atoms with van der Waals surface area (Å²) in [6.07, 6.45) is 2.81. The maximum absolute atomic E-state index is 12.4. The molecule has 1 fully saturated rings. The topological polar surface area (TPSA) is 115 Å². The van der Waals surface area contributed by atoms with Crippen molar-refractivity contribution in [3.05, 3.63) is 48.3 Å². The molecule has 1 aromatic heterocycles. The molecule has 0 bridgehead atoms. The SMILES string of the molecule is O=C(c1ccn[nH]1)N1CCCC(O)(CNS(=O)(=O)c2ccccc2)CC1. The third-order valence-electron chi connectivity index (χ3n) is 4.58. The number of carbonyl (C=O) groups excluding carboxylic acids is 1. The zero-order valence-electron chi connectivity index (χ0n) is 14.3. The Morgan fingerprint density at radius 2 is 2.00 bits per heavy atom. The van der Waals surface area contributed by atoms with Gasteiger partial charge in [0.05, 0.1) is 10.5 Å². The minimum Gasteiger partial charge on any atom is -0.388 e. The minimum absolute atomic E-state index is 0.0870. The van der Waals surface area contributed by atoms with Gasteiger partial charge in [0.15, 0.2) is 0 Å². The largest absolute Gasteiger partial charge is 0.388 e. The van der Waals surface area contributed by atoms with Crippen molar-refractivity contribution < 1.29 is 18.3 Å². The Morgan fingerprint density at radius 3 is 2.69 bits per heavy atom. The third kappa shape index (κ3) is 4.29. The second-order valence-corrected chi connectivity index (χ2v) is 8.24. The molecule has 9 heteroatoms. The molecule has 3 N–H and O–H groups in total. The molecule has 3 rings (SSSR count). The second-order valence-electron chi connectivity index (χ2n) is 6.48. The Labute approximate surface area is 152 Å². The van der Waals surface area contributed by atoms with Crippen LogP contribution in [0.1, 0.15) is 29.8 Å². The highest BCUT2D eigenvalue weighted by atomic mass is 32.2. The van der Waals surface area contributed by atoms with Gasteiger partial charge < -0.3 is 10.0 Å². The van der Waals surface area contributed by atoms with Crippen molar-refractivity contribution in [1.29, 1.82) is 0 Å². The predicted molar refractivity (Wildman–Crippen MR) is 94.9 cm³/mol. The van der Waals surface area contributed by atoms with Crippen LogP contribution in [-0.4, -0.2) is 59.8 Å². The number of amides is 1. The Hall–Kier alpha value is -2.23. The smallest absolute Gasteiger partial charge is 0.271 e. The molecule has 1 unspecified atom stereocenters. The molecule has 1 atom stereocenters. The van der Waals surface area contributed by atoms with E-state index in [1.54, 1.807) is 29.2 Å². The number of carbonyl (C=O) groups is 1. The normalized spacial score (nSPS) is 21.3. The maximum atomic E-state index is 12.4. The first-order valence-electron chi connectivity index (χ1n) is 8.45. The molecule has 0 aliphatic carbocycles. The van der Waals surface area contributed by atoms with Crippen LogP contribution in [0.3, 0.4) is 0 Å². The molecule has 1 aliphatic rings. The van der Waals surface area contributed by atoms with Gasteiger partial charge in [-0.25, -0.2) is 13.1 Å². The zero-order chi connectivity index (χ0) is 18.6. The van der Waals surface area contributed by atoms with Crippen molar-refractivity contribution >= 4 is 15.9 Å².